The molecule has 1 saturated carbocycles. The summed E-state index contributed by atoms with van der Waals surface area (Å²) in [6.07, 6.45) is 2.15. The summed E-state index contributed by atoms with van der Waals surface area (Å²) < 4.78 is 1.96. The minimum Gasteiger partial charge on any atom is -0.295 e. The van der Waals surface area contributed by atoms with Gasteiger partial charge in [0.1, 0.15) is 5.82 Å². The van der Waals surface area contributed by atoms with Crippen molar-refractivity contribution in [3.8, 4) is 5.69 Å². The van der Waals surface area contributed by atoms with Gasteiger partial charge >= 0.3 is 0 Å². The molecule has 0 N–H and O–H groups in total. The topological polar surface area (TPSA) is 90.9 Å². The predicted molar refractivity (Wildman–Crippen MR) is 101 cm³/mol. The molecule has 1 heterocycles. The predicted octanol–water partition coefficient (Wildman–Crippen LogP) is 4.41. The van der Waals surface area contributed by atoms with E-state index in [1.165, 1.54) is 24.8 Å². The van der Waals surface area contributed by atoms with Crippen LogP contribution in [-0.2, 0) is 0 Å². The molecule has 1 aromatic heterocycles. The van der Waals surface area contributed by atoms with Crippen LogP contribution in [0.3, 0.4) is 0 Å². The Morgan fingerprint density at radius 2 is 1.93 bits per heavy atom. The second-order valence-electron chi connectivity index (χ2n) is 6.38. The lowest BCUT2D eigenvalue weighted by Crippen LogP contribution is -2.02. The maximum Gasteiger partial charge on any atom is 0.284 e. The van der Waals surface area contributed by atoms with Gasteiger partial charge in [0.05, 0.1) is 9.82 Å². The molecule has 0 atom stereocenters. The first-order chi connectivity index (χ1) is 13.0. The fourth-order valence-corrected chi connectivity index (χ4v) is 3.78. The van der Waals surface area contributed by atoms with Gasteiger partial charge in [-0.05, 0) is 55.8 Å². The molecule has 4 rings (SSSR count). The second kappa shape index (κ2) is 6.96. The van der Waals surface area contributed by atoms with Crippen molar-refractivity contribution in [2.45, 2.75) is 35.7 Å². The van der Waals surface area contributed by atoms with E-state index in [1.807, 2.05) is 34.9 Å². The van der Waals surface area contributed by atoms with Crippen LogP contribution in [0.15, 0.2) is 58.6 Å². The highest BCUT2D eigenvalue weighted by atomic mass is 32.2. The molecule has 0 bridgehead atoms. The minimum atomic E-state index is -0.472. The van der Waals surface area contributed by atoms with Crippen molar-refractivity contribution < 1.29 is 9.72 Å². The van der Waals surface area contributed by atoms with E-state index < -0.39 is 4.92 Å². The number of carbonyl (C=O) groups is 1. The highest BCUT2D eigenvalue weighted by Crippen LogP contribution is 2.43. The summed E-state index contributed by atoms with van der Waals surface area (Å²) in [5, 5.41) is 20.7. The van der Waals surface area contributed by atoms with Crippen molar-refractivity contribution >= 4 is 23.2 Å². The number of hydrogen-bond acceptors (Lipinski definition) is 6. The Hall–Kier alpha value is -3.00. The zero-order valence-electron chi connectivity index (χ0n) is 14.5. The minimum absolute atomic E-state index is 0.108. The number of nitro groups is 1. The van der Waals surface area contributed by atoms with E-state index in [0.717, 1.165) is 24.4 Å². The fraction of sp³-hybridized carbons (Fsp3) is 0.211. The molecule has 1 fully saturated rings. The Bertz CT molecular complexity index is 1030. The molecule has 8 heteroatoms. The Balaban J connectivity index is 1.78. The third kappa shape index (κ3) is 3.48. The van der Waals surface area contributed by atoms with Gasteiger partial charge in [-0.1, -0.05) is 18.2 Å². The summed E-state index contributed by atoms with van der Waals surface area (Å²) in [7, 11) is 0. The van der Waals surface area contributed by atoms with E-state index in [-0.39, 0.29) is 11.5 Å². The molecule has 0 radical (unpaired) electrons. The Kier molecular flexibility index (Phi) is 4.49. The molecule has 7 nitrogen and oxygen atoms in total. The smallest absolute Gasteiger partial charge is 0.284 e. The molecule has 1 aliphatic rings. The summed E-state index contributed by atoms with van der Waals surface area (Å²) in [4.78, 5) is 23.0. The van der Waals surface area contributed by atoms with Crippen LogP contribution in [0.4, 0.5) is 5.69 Å². The Morgan fingerprint density at radius 1 is 1.19 bits per heavy atom. The molecule has 0 saturated heterocycles. The van der Waals surface area contributed by atoms with Gasteiger partial charge in [0.25, 0.3) is 5.69 Å². The number of aromatic nitrogens is 3. The van der Waals surface area contributed by atoms with Crippen molar-refractivity contribution in [2.75, 3.05) is 0 Å². The summed E-state index contributed by atoms with van der Waals surface area (Å²) >= 11 is 1.19. The lowest BCUT2D eigenvalue weighted by atomic mass is 10.1. The fourth-order valence-electron chi connectivity index (χ4n) is 2.84. The molecule has 27 heavy (non-hydrogen) atoms. The van der Waals surface area contributed by atoms with Crippen LogP contribution in [0.2, 0.25) is 0 Å². The van der Waals surface area contributed by atoms with Crippen molar-refractivity contribution in [2.24, 2.45) is 0 Å². The van der Waals surface area contributed by atoms with Crippen LogP contribution in [0.1, 0.15) is 41.9 Å². The molecule has 0 spiro atoms. The molecule has 3 aromatic rings. The maximum atomic E-state index is 11.6. The molecular formula is C19H16N4O3S. The van der Waals surface area contributed by atoms with Gasteiger partial charge in [-0.25, -0.2) is 0 Å². The Morgan fingerprint density at radius 3 is 2.56 bits per heavy atom. The summed E-state index contributed by atoms with van der Waals surface area (Å²) in [6, 6.07) is 14.2. The number of benzene rings is 2. The number of ketones is 1. The number of rotatable bonds is 6. The average Bonchev–Trinajstić information content (AvgIpc) is 3.43. The number of nitro benzene ring substituents is 1. The van der Waals surface area contributed by atoms with Crippen LogP contribution in [0.25, 0.3) is 5.69 Å². The molecule has 0 unspecified atom stereocenters. The van der Waals surface area contributed by atoms with Crippen molar-refractivity contribution in [3.05, 3.63) is 70.0 Å². The maximum absolute atomic E-state index is 11.6. The zero-order valence-corrected chi connectivity index (χ0v) is 15.3. The molecule has 0 aliphatic heterocycles. The van der Waals surface area contributed by atoms with Crippen molar-refractivity contribution in [1.29, 1.82) is 0 Å². The summed E-state index contributed by atoms with van der Waals surface area (Å²) in [5.74, 6) is 1.05. The third-order valence-electron chi connectivity index (χ3n) is 4.38. The van der Waals surface area contributed by atoms with E-state index in [4.69, 9.17) is 0 Å². The van der Waals surface area contributed by atoms with E-state index in [2.05, 4.69) is 10.2 Å². The van der Waals surface area contributed by atoms with Crippen LogP contribution in [-0.4, -0.2) is 25.5 Å². The molecule has 136 valence electrons. The van der Waals surface area contributed by atoms with E-state index in [0.29, 0.717) is 21.5 Å². The van der Waals surface area contributed by atoms with Gasteiger partial charge in [0, 0.05) is 23.2 Å². The van der Waals surface area contributed by atoms with E-state index in [1.54, 1.807) is 12.1 Å². The third-order valence-corrected chi connectivity index (χ3v) is 5.39. The monoisotopic (exact) mass is 380 g/mol. The number of carbonyl (C=O) groups excluding carboxylic acids is 1. The summed E-state index contributed by atoms with van der Waals surface area (Å²) in [5.41, 5.74) is 1.13. The van der Waals surface area contributed by atoms with E-state index in [9.17, 15) is 14.9 Å². The lowest BCUT2D eigenvalue weighted by molar-refractivity contribution is -0.387. The first kappa shape index (κ1) is 17.4. The molecular weight excluding hydrogens is 364 g/mol. The van der Waals surface area contributed by atoms with Crippen molar-refractivity contribution in [3.63, 3.8) is 0 Å². The highest BCUT2D eigenvalue weighted by Gasteiger charge is 2.31. The SMILES string of the molecule is CC(=O)c1ccc(Sc2nnc(C3CC3)n2-c2ccccc2)c([N+](=O)[O-])c1. The molecule has 0 amide bonds. The normalized spacial score (nSPS) is 13.5. The summed E-state index contributed by atoms with van der Waals surface area (Å²) in [6.45, 7) is 1.39. The van der Waals surface area contributed by atoms with Gasteiger partial charge in [0.15, 0.2) is 5.78 Å². The van der Waals surface area contributed by atoms with Gasteiger partial charge in [-0.2, -0.15) is 0 Å². The number of para-hydroxylation sites is 1. The first-order valence-corrected chi connectivity index (χ1v) is 9.34. The van der Waals surface area contributed by atoms with Gasteiger partial charge < -0.3 is 0 Å². The largest absolute Gasteiger partial charge is 0.295 e. The van der Waals surface area contributed by atoms with Crippen LogP contribution < -0.4 is 0 Å². The van der Waals surface area contributed by atoms with Crippen LogP contribution in [0, 0.1) is 10.1 Å². The standard InChI is InChI=1S/C19H16N4O3S/c1-12(24)14-9-10-17(16(11-14)23(25)26)27-19-21-20-18(13-7-8-13)22(19)15-5-3-2-4-6-15/h2-6,9-11,13H,7-8H2,1H3. The van der Waals surface area contributed by atoms with Crippen LogP contribution in [0.5, 0.6) is 0 Å². The lowest BCUT2D eigenvalue weighted by Gasteiger charge is -2.10. The first-order valence-electron chi connectivity index (χ1n) is 8.52. The van der Waals surface area contributed by atoms with E-state index >= 15 is 0 Å². The number of hydrogen-bond donors (Lipinski definition) is 0. The highest BCUT2D eigenvalue weighted by molar-refractivity contribution is 7.99. The second-order valence-corrected chi connectivity index (χ2v) is 7.39. The zero-order chi connectivity index (χ0) is 19.0. The van der Waals surface area contributed by atoms with Gasteiger partial charge in [-0.3, -0.25) is 19.5 Å². The van der Waals surface area contributed by atoms with Gasteiger partial charge in [0.2, 0.25) is 5.16 Å². The average molecular weight is 380 g/mol. The Labute approximate surface area is 159 Å². The van der Waals surface area contributed by atoms with Crippen LogP contribution >= 0.6 is 11.8 Å². The van der Waals surface area contributed by atoms with Crippen molar-refractivity contribution in [1.82, 2.24) is 14.8 Å². The molecule has 2 aromatic carbocycles. The quantitative estimate of drug-likeness (QED) is 0.357. The molecule has 1 aliphatic carbocycles. The van der Waals surface area contributed by atoms with Gasteiger partial charge in [-0.15, -0.1) is 10.2 Å². The number of nitrogens with zero attached hydrogens (tertiary/aromatic N) is 4. The number of Topliss-reactive ketones (excluding diaryl/α,β-unsaturated/α-hetero) is 1.